The minimum absolute atomic E-state index is 0.0873. The van der Waals surface area contributed by atoms with E-state index in [0.29, 0.717) is 12.0 Å². The van der Waals surface area contributed by atoms with Crippen LogP contribution in [-0.4, -0.2) is 20.3 Å². The molecule has 0 aliphatic carbocycles. The van der Waals surface area contributed by atoms with Crippen LogP contribution in [0.2, 0.25) is 0 Å². The lowest BCUT2D eigenvalue weighted by Crippen LogP contribution is -2.10. The van der Waals surface area contributed by atoms with E-state index in [2.05, 4.69) is 16.9 Å². The van der Waals surface area contributed by atoms with Crippen molar-refractivity contribution in [3.05, 3.63) is 60.3 Å². The van der Waals surface area contributed by atoms with E-state index in [1.165, 1.54) is 0 Å². The van der Waals surface area contributed by atoms with Crippen LogP contribution in [0.25, 0.3) is 10.9 Å². The minimum atomic E-state index is 0.0873. The van der Waals surface area contributed by atoms with Gasteiger partial charge in [0.2, 0.25) is 0 Å². The van der Waals surface area contributed by atoms with E-state index in [1.807, 2.05) is 41.1 Å². The topological polar surface area (TPSA) is 47.8 Å². The zero-order valence-electron chi connectivity index (χ0n) is 12.0. The molecule has 0 spiro atoms. The lowest BCUT2D eigenvalue weighted by Gasteiger charge is -2.06. The molecule has 2 heterocycles. The second kappa shape index (κ2) is 5.87. The molecule has 21 heavy (non-hydrogen) atoms. The lowest BCUT2D eigenvalue weighted by atomic mass is 10.1. The Labute approximate surface area is 123 Å². The van der Waals surface area contributed by atoms with E-state index in [0.717, 1.165) is 29.7 Å². The summed E-state index contributed by atoms with van der Waals surface area (Å²) in [6.45, 7) is 3.01. The van der Waals surface area contributed by atoms with Crippen LogP contribution in [-0.2, 0) is 13.0 Å². The maximum Gasteiger partial charge on any atom is 0.170 e. The number of carbonyl (C=O) groups is 1. The molecule has 0 aliphatic rings. The summed E-state index contributed by atoms with van der Waals surface area (Å²) in [4.78, 5) is 21.0. The number of aromatic nitrogens is 3. The Morgan fingerprint density at radius 1 is 1.19 bits per heavy atom. The van der Waals surface area contributed by atoms with Gasteiger partial charge in [-0.15, -0.1) is 0 Å². The number of rotatable bonds is 5. The third-order valence-electron chi connectivity index (χ3n) is 3.51. The first-order valence-corrected chi connectivity index (χ1v) is 7.16. The van der Waals surface area contributed by atoms with Gasteiger partial charge in [-0.25, -0.2) is 4.98 Å². The number of pyridine rings is 1. The van der Waals surface area contributed by atoms with E-state index in [9.17, 15) is 4.79 Å². The van der Waals surface area contributed by atoms with Gasteiger partial charge in [-0.3, -0.25) is 9.78 Å². The van der Waals surface area contributed by atoms with Crippen molar-refractivity contribution in [3.8, 4) is 0 Å². The van der Waals surface area contributed by atoms with Crippen molar-refractivity contribution >= 4 is 16.7 Å². The SMILES string of the molecule is CCCn1ccnc1CC(=O)c1ccc2ncccc2c1. The predicted octanol–water partition coefficient (Wildman–Crippen LogP) is 3.27. The highest BCUT2D eigenvalue weighted by atomic mass is 16.1. The van der Waals surface area contributed by atoms with Crippen molar-refractivity contribution in [3.63, 3.8) is 0 Å². The summed E-state index contributed by atoms with van der Waals surface area (Å²) in [6, 6.07) is 9.48. The Morgan fingerprint density at radius 3 is 2.95 bits per heavy atom. The monoisotopic (exact) mass is 279 g/mol. The van der Waals surface area contributed by atoms with Crippen LogP contribution in [0.15, 0.2) is 48.9 Å². The molecule has 0 saturated carbocycles. The van der Waals surface area contributed by atoms with Gasteiger partial charge in [-0.2, -0.15) is 0 Å². The molecule has 3 rings (SSSR count). The molecule has 3 aromatic rings. The largest absolute Gasteiger partial charge is 0.335 e. The molecule has 0 N–H and O–H groups in total. The van der Waals surface area contributed by atoms with Gasteiger partial charge in [-0.05, 0) is 30.7 Å². The fourth-order valence-electron chi connectivity index (χ4n) is 2.45. The molecule has 0 fully saturated rings. The van der Waals surface area contributed by atoms with E-state index < -0.39 is 0 Å². The third kappa shape index (κ3) is 2.84. The number of hydrogen-bond donors (Lipinski definition) is 0. The fraction of sp³-hybridized carbons (Fsp3) is 0.235. The molecule has 0 bridgehead atoms. The molecule has 2 aromatic heterocycles. The van der Waals surface area contributed by atoms with Crippen LogP contribution < -0.4 is 0 Å². The highest BCUT2D eigenvalue weighted by Crippen LogP contribution is 2.15. The lowest BCUT2D eigenvalue weighted by molar-refractivity contribution is 0.0990. The number of benzene rings is 1. The minimum Gasteiger partial charge on any atom is -0.335 e. The van der Waals surface area contributed by atoms with Crippen molar-refractivity contribution in [2.24, 2.45) is 0 Å². The average Bonchev–Trinajstić information content (AvgIpc) is 2.94. The van der Waals surface area contributed by atoms with Crippen molar-refractivity contribution in [1.82, 2.24) is 14.5 Å². The van der Waals surface area contributed by atoms with Gasteiger partial charge >= 0.3 is 0 Å². The van der Waals surface area contributed by atoms with Crippen molar-refractivity contribution in [2.75, 3.05) is 0 Å². The molecule has 0 amide bonds. The molecule has 0 aliphatic heterocycles. The number of hydrogen-bond acceptors (Lipinski definition) is 3. The Morgan fingerprint density at radius 2 is 2.10 bits per heavy atom. The molecule has 4 nitrogen and oxygen atoms in total. The van der Waals surface area contributed by atoms with Gasteiger partial charge in [-0.1, -0.05) is 13.0 Å². The van der Waals surface area contributed by atoms with Crippen molar-refractivity contribution < 1.29 is 4.79 Å². The number of nitrogens with zero attached hydrogens (tertiary/aromatic N) is 3. The molecule has 0 atom stereocenters. The van der Waals surface area contributed by atoms with Gasteiger partial charge in [0.25, 0.3) is 0 Å². The summed E-state index contributed by atoms with van der Waals surface area (Å²) in [5.74, 6) is 0.914. The van der Waals surface area contributed by atoms with Crippen LogP contribution in [0.1, 0.15) is 29.5 Å². The summed E-state index contributed by atoms with van der Waals surface area (Å²) in [5, 5.41) is 0.986. The third-order valence-corrected chi connectivity index (χ3v) is 3.51. The predicted molar refractivity (Wildman–Crippen MR) is 82.3 cm³/mol. The average molecular weight is 279 g/mol. The van der Waals surface area contributed by atoms with E-state index >= 15 is 0 Å². The zero-order valence-corrected chi connectivity index (χ0v) is 12.0. The van der Waals surface area contributed by atoms with Crippen LogP contribution in [0.3, 0.4) is 0 Å². The molecule has 0 saturated heterocycles. The molecule has 1 aromatic carbocycles. The van der Waals surface area contributed by atoms with E-state index in [1.54, 1.807) is 12.4 Å². The normalized spacial score (nSPS) is 10.9. The van der Waals surface area contributed by atoms with Crippen LogP contribution in [0, 0.1) is 0 Å². The molecule has 0 unspecified atom stereocenters. The Balaban J connectivity index is 1.84. The highest BCUT2D eigenvalue weighted by Gasteiger charge is 2.11. The standard InChI is InChI=1S/C17H17N3O/c1-2-9-20-10-8-19-17(20)12-16(21)14-5-6-15-13(11-14)4-3-7-18-15/h3-8,10-11H,2,9,12H2,1H3. The first-order chi connectivity index (χ1) is 10.3. The highest BCUT2D eigenvalue weighted by molar-refractivity contribution is 6.00. The molecular formula is C17H17N3O. The molecule has 0 radical (unpaired) electrons. The summed E-state index contributed by atoms with van der Waals surface area (Å²) in [5.41, 5.74) is 1.61. The maximum absolute atomic E-state index is 12.4. The van der Waals surface area contributed by atoms with E-state index in [4.69, 9.17) is 0 Å². The second-order valence-corrected chi connectivity index (χ2v) is 5.05. The smallest absolute Gasteiger partial charge is 0.170 e. The molecule has 4 heteroatoms. The van der Waals surface area contributed by atoms with Crippen LogP contribution in [0.5, 0.6) is 0 Å². The quantitative estimate of drug-likeness (QED) is 0.673. The van der Waals surface area contributed by atoms with Crippen molar-refractivity contribution in [2.45, 2.75) is 26.3 Å². The molecule has 106 valence electrons. The first-order valence-electron chi connectivity index (χ1n) is 7.16. The first kappa shape index (κ1) is 13.5. The Kier molecular flexibility index (Phi) is 3.77. The maximum atomic E-state index is 12.4. The van der Waals surface area contributed by atoms with Gasteiger partial charge in [0.1, 0.15) is 5.82 Å². The Bertz CT molecular complexity index is 776. The zero-order chi connectivity index (χ0) is 14.7. The Hall–Kier alpha value is -2.49. The van der Waals surface area contributed by atoms with Gasteiger partial charge in [0.15, 0.2) is 5.78 Å². The van der Waals surface area contributed by atoms with Crippen molar-refractivity contribution in [1.29, 1.82) is 0 Å². The summed E-state index contributed by atoms with van der Waals surface area (Å²) < 4.78 is 2.04. The number of carbonyl (C=O) groups excluding carboxylic acids is 1. The molecular weight excluding hydrogens is 262 g/mol. The summed E-state index contributed by atoms with van der Waals surface area (Å²) in [6.07, 6.45) is 6.79. The number of imidazole rings is 1. The number of ketones is 1. The summed E-state index contributed by atoms with van der Waals surface area (Å²) >= 11 is 0. The van der Waals surface area contributed by atoms with Crippen LogP contribution >= 0.6 is 0 Å². The number of Topliss-reactive ketones (excluding diaryl/α,β-unsaturated/α-hetero) is 1. The van der Waals surface area contributed by atoms with Gasteiger partial charge < -0.3 is 4.57 Å². The van der Waals surface area contributed by atoms with Gasteiger partial charge in [0, 0.05) is 36.1 Å². The summed E-state index contributed by atoms with van der Waals surface area (Å²) in [7, 11) is 0. The number of aryl methyl sites for hydroxylation is 1. The number of fused-ring (bicyclic) bond motifs is 1. The van der Waals surface area contributed by atoms with Gasteiger partial charge in [0.05, 0.1) is 11.9 Å². The fourth-order valence-corrected chi connectivity index (χ4v) is 2.45. The van der Waals surface area contributed by atoms with E-state index in [-0.39, 0.29) is 5.78 Å². The second-order valence-electron chi connectivity index (χ2n) is 5.05. The van der Waals surface area contributed by atoms with Crippen LogP contribution in [0.4, 0.5) is 0 Å².